The molecular weight excluding hydrogens is 731 g/mol. The van der Waals surface area contributed by atoms with Crippen LogP contribution in [0.15, 0.2) is 71.4 Å². The SMILES string of the molecule is COc1ccc(CCCc2cccc(OCCNc3cc(CN4C[C@@H](SC5=C(C=O)N(C(C)=O)C(C[C@@H](C)O)[C@H]5C)C[C@H]4C(=O)N(C)C)ccn3)c2)cc1OC. The molecule has 3 heterocycles. The molecule has 2 N–H and O–H groups in total. The average Bonchev–Trinajstić information content (AvgIpc) is 3.69. The summed E-state index contributed by atoms with van der Waals surface area (Å²) in [6.07, 6.45) is 5.75. The standard InChI is InChI=1S/C43H57N5O7S/c1-28(50)20-36-29(2)42(38(27-49)48(36)30(3)51)56-35-24-37(43(52)46(4)5)47(26-35)25-33-16-17-44-41(23-33)45-18-19-55-34-13-9-12-31(21-34)10-8-11-32-14-15-39(53-6)40(22-32)54-7/h9,12-17,21-23,27-29,35-37,50H,8,10-11,18-20,24-26H2,1-7H3,(H,44,45)/t28-,29-,35+,36?,37+/m1/s1. The van der Waals surface area contributed by atoms with E-state index in [1.54, 1.807) is 63.0 Å². The largest absolute Gasteiger partial charge is 0.493 e. The second kappa shape index (κ2) is 20.0. The van der Waals surface area contributed by atoms with Gasteiger partial charge in [0.2, 0.25) is 11.8 Å². The van der Waals surface area contributed by atoms with Crippen LogP contribution < -0.4 is 19.5 Å². The van der Waals surface area contributed by atoms with Crippen molar-refractivity contribution in [2.45, 2.75) is 82.9 Å². The number of likely N-dealkylation sites (N-methyl/N-ethyl adjacent to an activating group) is 1. The molecule has 56 heavy (non-hydrogen) atoms. The van der Waals surface area contributed by atoms with Gasteiger partial charge in [-0.15, -0.1) is 11.8 Å². The van der Waals surface area contributed by atoms with Gasteiger partial charge in [0.15, 0.2) is 17.8 Å². The first-order valence-electron chi connectivity index (χ1n) is 19.3. The monoisotopic (exact) mass is 787 g/mol. The molecule has 5 atom stereocenters. The lowest BCUT2D eigenvalue weighted by molar-refractivity contribution is -0.133. The molecule has 0 aliphatic carbocycles. The highest BCUT2D eigenvalue weighted by Crippen LogP contribution is 2.45. The summed E-state index contributed by atoms with van der Waals surface area (Å²) in [7, 11) is 6.83. The number of thioether (sulfide) groups is 1. The zero-order valence-electron chi connectivity index (χ0n) is 33.7. The number of nitrogens with zero attached hydrogens (tertiary/aromatic N) is 4. The van der Waals surface area contributed by atoms with Crippen molar-refractivity contribution in [1.29, 1.82) is 0 Å². The van der Waals surface area contributed by atoms with E-state index in [9.17, 15) is 19.5 Å². The Kier molecular flexibility index (Phi) is 15.2. The predicted octanol–water partition coefficient (Wildman–Crippen LogP) is 5.58. The van der Waals surface area contributed by atoms with Gasteiger partial charge in [0, 0.05) is 62.4 Å². The van der Waals surface area contributed by atoms with Crippen LogP contribution in [0.5, 0.6) is 17.2 Å². The Labute approximate surface area is 335 Å². The van der Waals surface area contributed by atoms with E-state index in [0.29, 0.717) is 44.8 Å². The molecule has 1 aromatic heterocycles. The summed E-state index contributed by atoms with van der Waals surface area (Å²) in [6, 6.07) is 17.6. The Bertz CT molecular complexity index is 1850. The molecule has 0 bridgehead atoms. The molecule has 2 aromatic carbocycles. The fraction of sp³-hybridized carbons (Fsp3) is 0.488. The molecule has 302 valence electrons. The van der Waals surface area contributed by atoms with Crippen molar-refractivity contribution in [3.63, 3.8) is 0 Å². The molecule has 2 aliphatic heterocycles. The van der Waals surface area contributed by atoms with Gasteiger partial charge in [-0.1, -0.05) is 25.1 Å². The van der Waals surface area contributed by atoms with Crippen molar-refractivity contribution in [1.82, 2.24) is 19.7 Å². The van der Waals surface area contributed by atoms with Gasteiger partial charge in [-0.05, 0) is 92.1 Å². The molecule has 2 aliphatic rings. The van der Waals surface area contributed by atoms with Gasteiger partial charge in [0.05, 0.1) is 38.6 Å². The number of carbonyl (C=O) groups is 3. The molecule has 0 spiro atoms. The van der Waals surface area contributed by atoms with E-state index in [-0.39, 0.29) is 35.1 Å². The van der Waals surface area contributed by atoms with Crippen LogP contribution in [-0.4, -0.2) is 114 Å². The minimum atomic E-state index is -0.617. The van der Waals surface area contributed by atoms with E-state index in [0.717, 1.165) is 59.1 Å². The van der Waals surface area contributed by atoms with Crippen molar-refractivity contribution in [2.75, 3.05) is 53.3 Å². The summed E-state index contributed by atoms with van der Waals surface area (Å²) in [5.74, 6) is 2.73. The van der Waals surface area contributed by atoms with Gasteiger partial charge >= 0.3 is 0 Å². The van der Waals surface area contributed by atoms with E-state index in [2.05, 4.69) is 33.4 Å². The Morgan fingerprint density at radius 1 is 1.05 bits per heavy atom. The van der Waals surface area contributed by atoms with Crippen LogP contribution >= 0.6 is 11.8 Å². The lowest BCUT2D eigenvalue weighted by Gasteiger charge is -2.28. The molecule has 0 radical (unpaired) electrons. The number of ether oxygens (including phenoxy) is 3. The Morgan fingerprint density at radius 2 is 1.80 bits per heavy atom. The molecule has 2 amide bonds. The van der Waals surface area contributed by atoms with Crippen LogP contribution in [0.1, 0.15) is 56.7 Å². The van der Waals surface area contributed by atoms with Crippen molar-refractivity contribution >= 4 is 35.7 Å². The maximum atomic E-state index is 13.4. The summed E-state index contributed by atoms with van der Waals surface area (Å²) in [4.78, 5) is 49.2. The smallest absolute Gasteiger partial charge is 0.239 e. The number of benzene rings is 2. The summed E-state index contributed by atoms with van der Waals surface area (Å²) >= 11 is 1.59. The first kappa shape index (κ1) is 42.6. The van der Waals surface area contributed by atoms with Crippen LogP contribution in [-0.2, 0) is 33.8 Å². The molecule has 13 heteroatoms. The topological polar surface area (TPSA) is 134 Å². The predicted molar refractivity (Wildman–Crippen MR) is 220 cm³/mol. The number of aldehydes is 1. The maximum Gasteiger partial charge on any atom is 0.239 e. The number of rotatable bonds is 19. The Balaban J connectivity index is 1.15. The van der Waals surface area contributed by atoms with E-state index < -0.39 is 6.10 Å². The number of pyridine rings is 1. The van der Waals surface area contributed by atoms with Gasteiger partial charge in [-0.25, -0.2) is 4.98 Å². The zero-order valence-corrected chi connectivity index (χ0v) is 34.5. The first-order chi connectivity index (χ1) is 26.9. The number of carbonyl (C=O) groups excluding carboxylic acids is 3. The van der Waals surface area contributed by atoms with Crippen LogP contribution in [0.2, 0.25) is 0 Å². The number of hydrogen-bond donors (Lipinski definition) is 2. The van der Waals surface area contributed by atoms with Crippen molar-refractivity contribution in [3.8, 4) is 17.2 Å². The van der Waals surface area contributed by atoms with Crippen molar-refractivity contribution in [2.24, 2.45) is 5.92 Å². The molecule has 1 saturated heterocycles. The number of aryl methyl sites for hydroxylation is 2. The first-order valence-corrected chi connectivity index (χ1v) is 20.2. The molecule has 0 saturated carbocycles. The molecule has 5 rings (SSSR count). The average molecular weight is 788 g/mol. The van der Waals surface area contributed by atoms with Gasteiger partial charge in [-0.2, -0.15) is 0 Å². The van der Waals surface area contributed by atoms with Gasteiger partial charge in [0.1, 0.15) is 18.2 Å². The van der Waals surface area contributed by atoms with Crippen LogP contribution in [0.3, 0.4) is 0 Å². The normalized spacial score (nSPS) is 20.2. The second-order valence-corrected chi connectivity index (χ2v) is 16.2. The quantitative estimate of drug-likeness (QED) is 0.117. The lowest BCUT2D eigenvalue weighted by atomic mass is 9.98. The fourth-order valence-corrected chi connectivity index (χ4v) is 9.25. The highest BCUT2D eigenvalue weighted by molar-refractivity contribution is 8.03. The van der Waals surface area contributed by atoms with Gasteiger partial charge in [0.25, 0.3) is 0 Å². The number of anilines is 1. The molecule has 1 fully saturated rings. The highest BCUT2D eigenvalue weighted by Gasteiger charge is 2.44. The number of allylic oxidation sites excluding steroid dienone is 1. The number of aliphatic hydroxyl groups excluding tert-OH is 1. The molecular formula is C43H57N5O7S. The van der Waals surface area contributed by atoms with E-state index in [1.165, 1.54) is 18.1 Å². The summed E-state index contributed by atoms with van der Waals surface area (Å²) < 4.78 is 16.9. The van der Waals surface area contributed by atoms with E-state index >= 15 is 0 Å². The zero-order chi connectivity index (χ0) is 40.4. The van der Waals surface area contributed by atoms with Gasteiger partial charge < -0.3 is 34.4 Å². The number of aliphatic hydroxyl groups is 1. The number of methoxy groups -OCH3 is 2. The summed E-state index contributed by atoms with van der Waals surface area (Å²) in [6.45, 7) is 7.36. The second-order valence-electron chi connectivity index (χ2n) is 14.9. The van der Waals surface area contributed by atoms with Crippen molar-refractivity contribution in [3.05, 3.63) is 88.1 Å². The van der Waals surface area contributed by atoms with Crippen LogP contribution in [0, 0.1) is 5.92 Å². The third-order valence-corrected chi connectivity index (χ3v) is 11.9. The summed E-state index contributed by atoms with van der Waals surface area (Å²) in [5.41, 5.74) is 3.82. The number of amides is 2. The van der Waals surface area contributed by atoms with Crippen LogP contribution in [0.25, 0.3) is 0 Å². The van der Waals surface area contributed by atoms with Crippen molar-refractivity contribution < 1.29 is 33.7 Å². The van der Waals surface area contributed by atoms with Gasteiger partial charge in [-0.3, -0.25) is 19.3 Å². The number of likely N-dealkylation sites (tertiary alicyclic amines) is 1. The number of nitrogens with one attached hydrogen (secondary N) is 1. The molecule has 12 nitrogen and oxygen atoms in total. The number of hydrogen-bond acceptors (Lipinski definition) is 11. The summed E-state index contributed by atoms with van der Waals surface area (Å²) in [5, 5.41) is 13.6. The highest BCUT2D eigenvalue weighted by atomic mass is 32.2. The third-order valence-electron chi connectivity index (χ3n) is 10.4. The van der Waals surface area contributed by atoms with Crippen LogP contribution in [0.4, 0.5) is 5.82 Å². The molecule has 3 aromatic rings. The van der Waals surface area contributed by atoms with E-state index in [1.807, 2.05) is 43.3 Å². The fourth-order valence-electron chi connectivity index (χ4n) is 7.71. The Morgan fingerprint density at radius 3 is 2.48 bits per heavy atom. The van der Waals surface area contributed by atoms with E-state index in [4.69, 9.17) is 14.2 Å². The third kappa shape index (κ3) is 10.8. The molecule has 1 unspecified atom stereocenters. The lowest BCUT2D eigenvalue weighted by Crippen LogP contribution is -2.42. The number of aromatic nitrogens is 1. The minimum Gasteiger partial charge on any atom is -0.493 e. The maximum absolute atomic E-state index is 13.4. The Hall–Kier alpha value is -4.59. The minimum absolute atomic E-state index is 0.0287.